The van der Waals surface area contributed by atoms with Gasteiger partial charge in [-0.15, -0.1) is 0 Å². The average Bonchev–Trinajstić information content (AvgIpc) is 2.51. The molecule has 0 aromatic heterocycles. The maximum Gasteiger partial charge on any atom is 0.0499 e. The van der Waals surface area contributed by atoms with Crippen molar-refractivity contribution in [3.05, 3.63) is 0 Å². The largest absolute Gasteiger partial charge is 0.396 e. The van der Waals surface area contributed by atoms with Crippen molar-refractivity contribution < 1.29 is 9.84 Å². The van der Waals surface area contributed by atoms with Gasteiger partial charge in [0.2, 0.25) is 0 Å². The van der Waals surface area contributed by atoms with Crippen molar-refractivity contribution in [3.8, 4) is 0 Å². The van der Waals surface area contributed by atoms with Crippen LogP contribution in [0.4, 0.5) is 0 Å². The molecule has 0 radical (unpaired) electrons. The Kier molecular flexibility index (Phi) is 3.98. The van der Waals surface area contributed by atoms with E-state index in [9.17, 15) is 0 Å². The van der Waals surface area contributed by atoms with Gasteiger partial charge in [-0.3, -0.25) is 0 Å². The lowest BCUT2D eigenvalue weighted by molar-refractivity contribution is 0.121. The highest BCUT2D eigenvalue weighted by molar-refractivity contribution is 4.74. The van der Waals surface area contributed by atoms with Crippen LogP contribution in [0.2, 0.25) is 0 Å². The third kappa shape index (κ3) is 2.73. The summed E-state index contributed by atoms with van der Waals surface area (Å²) >= 11 is 0. The van der Waals surface area contributed by atoms with E-state index in [1.54, 1.807) is 0 Å². The highest BCUT2D eigenvalue weighted by atomic mass is 16.5. The third-order valence-corrected chi connectivity index (χ3v) is 2.47. The Morgan fingerprint density at radius 2 is 2.33 bits per heavy atom. The molecular formula is C9H19NO2. The summed E-state index contributed by atoms with van der Waals surface area (Å²) in [6, 6.07) is 0. The van der Waals surface area contributed by atoms with E-state index in [1.165, 1.54) is 0 Å². The van der Waals surface area contributed by atoms with Gasteiger partial charge in [-0.2, -0.15) is 0 Å². The van der Waals surface area contributed by atoms with Gasteiger partial charge in [0, 0.05) is 26.4 Å². The van der Waals surface area contributed by atoms with Crippen molar-refractivity contribution in [2.75, 3.05) is 40.5 Å². The summed E-state index contributed by atoms with van der Waals surface area (Å²) in [5, 5.41) is 9.15. The first kappa shape index (κ1) is 9.96. The van der Waals surface area contributed by atoms with Crippen LogP contribution in [0, 0.1) is 11.8 Å². The summed E-state index contributed by atoms with van der Waals surface area (Å²) < 4.78 is 5.29. The summed E-state index contributed by atoms with van der Waals surface area (Å²) in [6.07, 6.45) is 1.11. The van der Waals surface area contributed by atoms with Gasteiger partial charge >= 0.3 is 0 Å². The summed E-state index contributed by atoms with van der Waals surface area (Å²) in [7, 11) is 4.08. The third-order valence-electron chi connectivity index (χ3n) is 2.47. The molecule has 72 valence electrons. The highest BCUT2D eigenvalue weighted by Gasteiger charge is 2.25. The van der Waals surface area contributed by atoms with Gasteiger partial charge in [-0.05, 0) is 32.4 Å². The Morgan fingerprint density at radius 3 is 2.75 bits per heavy atom. The van der Waals surface area contributed by atoms with Crippen LogP contribution in [-0.2, 0) is 4.74 Å². The molecule has 3 heteroatoms. The van der Waals surface area contributed by atoms with Crippen molar-refractivity contribution in [2.24, 2.45) is 11.8 Å². The number of aliphatic hydroxyl groups is 1. The average molecular weight is 173 g/mol. The Bertz CT molecular complexity index is 122. The fourth-order valence-corrected chi connectivity index (χ4v) is 1.75. The lowest BCUT2D eigenvalue weighted by atomic mass is 9.92. The molecule has 1 rings (SSSR count). The Hall–Kier alpha value is -0.120. The molecule has 2 unspecified atom stereocenters. The van der Waals surface area contributed by atoms with E-state index >= 15 is 0 Å². The molecule has 12 heavy (non-hydrogen) atoms. The van der Waals surface area contributed by atoms with Crippen molar-refractivity contribution >= 4 is 0 Å². The van der Waals surface area contributed by atoms with Crippen LogP contribution in [0.1, 0.15) is 6.42 Å². The van der Waals surface area contributed by atoms with Gasteiger partial charge in [0.15, 0.2) is 0 Å². The molecule has 0 aromatic rings. The molecule has 1 N–H and O–H groups in total. The minimum atomic E-state index is 0.284. The lowest BCUT2D eigenvalue weighted by Crippen LogP contribution is -2.30. The number of hydrogen-bond acceptors (Lipinski definition) is 3. The van der Waals surface area contributed by atoms with E-state index in [1.807, 2.05) is 14.1 Å². The first-order chi connectivity index (χ1) is 5.74. The molecule has 1 aliphatic rings. The monoisotopic (exact) mass is 173 g/mol. The molecule has 0 spiro atoms. The quantitative estimate of drug-likeness (QED) is 0.659. The molecule has 0 saturated carbocycles. The molecule has 0 aliphatic carbocycles. The first-order valence-corrected chi connectivity index (χ1v) is 4.57. The van der Waals surface area contributed by atoms with Gasteiger partial charge in [0.25, 0.3) is 0 Å². The van der Waals surface area contributed by atoms with Crippen LogP contribution >= 0.6 is 0 Å². The van der Waals surface area contributed by atoms with Crippen LogP contribution in [0.25, 0.3) is 0 Å². The van der Waals surface area contributed by atoms with Crippen LogP contribution in [-0.4, -0.2) is 50.5 Å². The van der Waals surface area contributed by atoms with Gasteiger partial charge in [-0.1, -0.05) is 0 Å². The predicted octanol–water partition coefficient (Wildman–Crippen LogP) is 0.193. The van der Waals surface area contributed by atoms with E-state index in [-0.39, 0.29) is 6.61 Å². The van der Waals surface area contributed by atoms with Crippen molar-refractivity contribution in [1.82, 2.24) is 4.90 Å². The molecule has 0 amide bonds. The second-order valence-electron chi connectivity index (χ2n) is 3.83. The van der Waals surface area contributed by atoms with Crippen LogP contribution < -0.4 is 0 Å². The van der Waals surface area contributed by atoms with Crippen LogP contribution in [0.5, 0.6) is 0 Å². The van der Waals surface area contributed by atoms with Crippen LogP contribution in [0.3, 0.4) is 0 Å². The predicted molar refractivity (Wildman–Crippen MR) is 48.1 cm³/mol. The van der Waals surface area contributed by atoms with Crippen molar-refractivity contribution in [2.45, 2.75) is 6.42 Å². The Labute approximate surface area is 74.3 Å². The number of ether oxygens (including phenoxy) is 1. The smallest absolute Gasteiger partial charge is 0.0499 e. The normalized spacial score (nSPS) is 26.5. The zero-order valence-electron chi connectivity index (χ0n) is 7.99. The number of nitrogens with zero attached hydrogens (tertiary/aromatic N) is 1. The molecule has 1 aliphatic heterocycles. The second-order valence-corrected chi connectivity index (χ2v) is 3.83. The molecule has 0 bridgehead atoms. The summed E-state index contributed by atoms with van der Waals surface area (Å²) in [6.45, 7) is 2.95. The second kappa shape index (κ2) is 4.80. The van der Waals surface area contributed by atoms with Gasteiger partial charge in [-0.25, -0.2) is 0 Å². The summed E-state index contributed by atoms with van der Waals surface area (Å²) in [5.41, 5.74) is 0. The lowest BCUT2D eigenvalue weighted by Gasteiger charge is -2.23. The minimum absolute atomic E-state index is 0.284. The van der Waals surface area contributed by atoms with E-state index in [2.05, 4.69) is 4.90 Å². The zero-order chi connectivity index (χ0) is 8.97. The zero-order valence-corrected chi connectivity index (χ0v) is 7.99. The van der Waals surface area contributed by atoms with Gasteiger partial charge < -0.3 is 14.7 Å². The molecule has 1 heterocycles. The maximum absolute atomic E-state index is 9.15. The fourth-order valence-electron chi connectivity index (χ4n) is 1.75. The van der Waals surface area contributed by atoms with Gasteiger partial charge in [0.05, 0.1) is 0 Å². The van der Waals surface area contributed by atoms with Gasteiger partial charge in [0.1, 0.15) is 0 Å². The molecule has 2 atom stereocenters. The summed E-state index contributed by atoms with van der Waals surface area (Å²) in [5.74, 6) is 0.958. The number of aliphatic hydroxyl groups excluding tert-OH is 1. The Balaban J connectivity index is 2.32. The molecule has 1 fully saturated rings. The maximum atomic E-state index is 9.15. The van der Waals surface area contributed by atoms with E-state index in [0.29, 0.717) is 11.8 Å². The van der Waals surface area contributed by atoms with E-state index in [4.69, 9.17) is 9.84 Å². The number of hydrogen-bond donors (Lipinski definition) is 1. The highest BCUT2D eigenvalue weighted by Crippen LogP contribution is 2.21. The first-order valence-electron chi connectivity index (χ1n) is 4.57. The Morgan fingerprint density at radius 1 is 1.58 bits per heavy atom. The van der Waals surface area contributed by atoms with E-state index in [0.717, 1.165) is 26.2 Å². The standard InChI is InChI=1S/C9H19NO2/c1-10(2)5-9(6-11)8-3-4-12-7-8/h8-9,11H,3-7H2,1-2H3. The molecule has 1 saturated heterocycles. The number of rotatable bonds is 4. The topological polar surface area (TPSA) is 32.7 Å². The van der Waals surface area contributed by atoms with Crippen molar-refractivity contribution in [3.63, 3.8) is 0 Å². The SMILES string of the molecule is CN(C)CC(CO)C1CCOC1. The molecular weight excluding hydrogens is 154 g/mol. The van der Waals surface area contributed by atoms with Crippen molar-refractivity contribution in [1.29, 1.82) is 0 Å². The summed E-state index contributed by atoms with van der Waals surface area (Å²) in [4.78, 5) is 2.12. The molecule has 3 nitrogen and oxygen atoms in total. The van der Waals surface area contributed by atoms with E-state index < -0.39 is 0 Å². The molecule has 0 aromatic carbocycles. The van der Waals surface area contributed by atoms with Crippen LogP contribution in [0.15, 0.2) is 0 Å². The minimum Gasteiger partial charge on any atom is -0.396 e. The fraction of sp³-hybridized carbons (Fsp3) is 1.00.